The van der Waals surface area contributed by atoms with Crippen LogP contribution < -0.4 is 5.32 Å². The summed E-state index contributed by atoms with van der Waals surface area (Å²) in [6.45, 7) is 2.48. The number of hydrogen-bond acceptors (Lipinski definition) is 2. The molecule has 0 saturated carbocycles. The van der Waals surface area contributed by atoms with E-state index in [9.17, 15) is 9.18 Å². The van der Waals surface area contributed by atoms with Crippen molar-refractivity contribution in [2.75, 3.05) is 0 Å². The van der Waals surface area contributed by atoms with Gasteiger partial charge in [0.2, 0.25) is 0 Å². The number of carbonyl (C=O) groups excluding carboxylic acids is 1. The maximum Gasteiger partial charge on any atom is 0.253 e. The standard InChI is InChI=1S/C20H17FN2O/c1-14-4-2-5-15(10-14)12-23-20(24)17-8-9-19(22-13-17)16-6-3-7-18(21)11-16/h2-11,13H,12H2,1H3,(H,23,24). The topological polar surface area (TPSA) is 42.0 Å². The molecule has 3 rings (SSSR count). The van der Waals surface area contributed by atoms with Crippen LogP contribution in [0, 0.1) is 12.7 Å². The van der Waals surface area contributed by atoms with Gasteiger partial charge in [-0.05, 0) is 36.8 Å². The van der Waals surface area contributed by atoms with Crippen LogP contribution in [0.1, 0.15) is 21.5 Å². The lowest BCUT2D eigenvalue weighted by Crippen LogP contribution is -2.22. The number of carbonyl (C=O) groups is 1. The number of rotatable bonds is 4. The maximum atomic E-state index is 13.3. The largest absolute Gasteiger partial charge is 0.348 e. The zero-order valence-corrected chi connectivity index (χ0v) is 13.3. The molecule has 1 amide bonds. The Balaban J connectivity index is 1.68. The van der Waals surface area contributed by atoms with Gasteiger partial charge in [0.15, 0.2) is 0 Å². The van der Waals surface area contributed by atoms with Crippen LogP contribution in [0.4, 0.5) is 4.39 Å². The Hall–Kier alpha value is -3.01. The van der Waals surface area contributed by atoms with Crippen molar-refractivity contribution < 1.29 is 9.18 Å². The fourth-order valence-corrected chi connectivity index (χ4v) is 2.45. The van der Waals surface area contributed by atoms with Crippen LogP contribution in [0.5, 0.6) is 0 Å². The van der Waals surface area contributed by atoms with E-state index in [1.807, 2.05) is 31.2 Å². The van der Waals surface area contributed by atoms with Crippen molar-refractivity contribution in [3.63, 3.8) is 0 Å². The van der Waals surface area contributed by atoms with E-state index in [4.69, 9.17) is 0 Å². The zero-order chi connectivity index (χ0) is 16.9. The van der Waals surface area contributed by atoms with Crippen molar-refractivity contribution in [2.24, 2.45) is 0 Å². The first kappa shape index (κ1) is 15.9. The van der Waals surface area contributed by atoms with E-state index < -0.39 is 0 Å². The SMILES string of the molecule is Cc1cccc(CNC(=O)c2ccc(-c3cccc(F)c3)nc2)c1. The van der Waals surface area contributed by atoms with Crippen LogP contribution in [0.3, 0.4) is 0 Å². The highest BCUT2D eigenvalue weighted by Gasteiger charge is 2.07. The molecular formula is C20H17FN2O. The molecule has 2 aromatic carbocycles. The highest BCUT2D eigenvalue weighted by Crippen LogP contribution is 2.18. The molecule has 1 heterocycles. The van der Waals surface area contributed by atoms with Gasteiger partial charge in [0.1, 0.15) is 5.82 Å². The Morgan fingerprint density at radius 2 is 1.92 bits per heavy atom. The maximum absolute atomic E-state index is 13.3. The van der Waals surface area contributed by atoms with Crippen LogP contribution in [0.15, 0.2) is 66.9 Å². The van der Waals surface area contributed by atoms with Crippen molar-refractivity contribution in [3.05, 3.63) is 89.4 Å². The van der Waals surface area contributed by atoms with Crippen LogP contribution in [-0.4, -0.2) is 10.9 Å². The molecule has 0 bridgehead atoms. The summed E-state index contributed by atoms with van der Waals surface area (Å²) >= 11 is 0. The number of hydrogen-bond donors (Lipinski definition) is 1. The quantitative estimate of drug-likeness (QED) is 0.785. The summed E-state index contributed by atoms with van der Waals surface area (Å²) in [5, 5.41) is 2.87. The van der Waals surface area contributed by atoms with E-state index >= 15 is 0 Å². The van der Waals surface area contributed by atoms with Gasteiger partial charge < -0.3 is 5.32 Å². The van der Waals surface area contributed by atoms with Gasteiger partial charge in [0, 0.05) is 18.3 Å². The number of halogens is 1. The summed E-state index contributed by atoms with van der Waals surface area (Å²) in [6, 6.07) is 17.6. The summed E-state index contributed by atoms with van der Waals surface area (Å²) in [7, 11) is 0. The first-order chi connectivity index (χ1) is 11.6. The first-order valence-electron chi connectivity index (χ1n) is 7.67. The Morgan fingerprint density at radius 1 is 1.08 bits per heavy atom. The molecule has 24 heavy (non-hydrogen) atoms. The Bertz CT molecular complexity index is 860. The molecule has 1 N–H and O–H groups in total. The van der Waals surface area contributed by atoms with E-state index in [0.29, 0.717) is 23.4 Å². The molecule has 0 aliphatic carbocycles. The molecule has 1 aromatic heterocycles. The highest BCUT2D eigenvalue weighted by molar-refractivity contribution is 5.94. The molecule has 0 aliphatic heterocycles. The molecular weight excluding hydrogens is 303 g/mol. The van der Waals surface area contributed by atoms with Gasteiger partial charge in [0.05, 0.1) is 11.3 Å². The van der Waals surface area contributed by atoms with Crippen molar-refractivity contribution in [3.8, 4) is 11.3 Å². The number of aromatic nitrogens is 1. The summed E-state index contributed by atoms with van der Waals surface area (Å²) in [6.07, 6.45) is 1.51. The van der Waals surface area contributed by atoms with Gasteiger partial charge in [-0.3, -0.25) is 9.78 Å². The van der Waals surface area contributed by atoms with E-state index in [1.54, 1.807) is 24.3 Å². The van der Waals surface area contributed by atoms with E-state index in [2.05, 4.69) is 10.3 Å². The number of aryl methyl sites for hydroxylation is 1. The predicted molar refractivity (Wildman–Crippen MR) is 92.0 cm³/mol. The second kappa shape index (κ2) is 7.04. The number of benzene rings is 2. The molecule has 0 unspecified atom stereocenters. The van der Waals surface area contributed by atoms with Gasteiger partial charge in [0.25, 0.3) is 5.91 Å². The molecule has 120 valence electrons. The minimum absolute atomic E-state index is 0.185. The molecule has 0 fully saturated rings. The van der Waals surface area contributed by atoms with Gasteiger partial charge in [-0.2, -0.15) is 0 Å². The summed E-state index contributed by atoms with van der Waals surface area (Å²) < 4.78 is 13.3. The lowest BCUT2D eigenvalue weighted by Gasteiger charge is -2.07. The van der Waals surface area contributed by atoms with Crippen LogP contribution in [0.2, 0.25) is 0 Å². The highest BCUT2D eigenvalue weighted by atomic mass is 19.1. The van der Waals surface area contributed by atoms with Crippen LogP contribution in [-0.2, 0) is 6.54 Å². The minimum atomic E-state index is -0.311. The third-order valence-electron chi connectivity index (χ3n) is 3.68. The number of amides is 1. The van der Waals surface area contributed by atoms with Crippen molar-refractivity contribution in [1.29, 1.82) is 0 Å². The Kier molecular flexibility index (Phi) is 4.66. The van der Waals surface area contributed by atoms with Crippen molar-refractivity contribution in [1.82, 2.24) is 10.3 Å². The summed E-state index contributed by atoms with van der Waals surface area (Å²) in [5.41, 5.74) is 3.99. The number of nitrogens with zero attached hydrogens (tertiary/aromatic N) is 1. The van der Waals surface area contributed by atoms with E-state index in [1.165, 1.54) is 18.3 Å². The Labute approximate surface area is 140 Å². The van der Waals surface area contributed by atoms with Crippen molar-refractivity contribution >= 4 is 5.91 Å². The molecule has 0 saturated heterocycles. The molecule has 3 aromatic rings. The van der Waals surface area contributed by atoms with Crippen molar-refractivity contribution in [2.45, 2.75) is 13.5 Å². The average Bonchev–Trinajstić information content (AvgIpc) is 2.60. The lowest BCUT2D eigenvalue weighted by atomic mass is 10.1. The van der Waals surface area contributed by atoms with Gasteiger partial charge in [-0.25, -0.2) is 4.39 Å². The molecule has 0 atom stereocenters. The first-order valence-corrected chi connectivity index (χ1v) is 7.67. The smallest absolute Gasteiger partial charge is 0.253 e. The molecule has 3 nitrogen and oxygen atoms in total. The second-order valence-electron chi connectivity index (χ2n) is 5.61. The van der Waals surface area contributed by atoms with Crippen LogP contribution >= 0.6 is 0 Å². The molecule has 4 heteroatoms. The third-order valence-corrected chi connectivity index (χ3v) is 3.68. The molecule has 0 spiro atoms. The van der Waals surface area contributed by atoms with E-state index in [-0.39, 0.29) is 11.7 Å². The third kappa shape index (κ3) is 3.84. The van der Waals surface area contributed by atoms with Gasteiger partial charge in [-0.1, -0.05) is 42.0 Å². The van der Waals surface area contributed by atoms with E-state index in [0.717, 1.165) is 11.1 Å². The predicted octanol–water partition coefficient (Wildman–Crippen LogP) is 4.13. The minimum Gasteiger partial charge on any atom is -0.348 e. The number of nitrogens with one attached hydrogen (secondary N) is 1. The second-order valence-corrected chi connectivity index (χ2v) is 5.61. The monoisotopic (exact) mass is 320 g/mol. The summed E-state index contributed by atoms with van der Waals surface area (Å²) in [4.78, 5) is 16.4. The summed E-state index contributed by atoms with van der Waals surface area (Å²) in [5.74, 6) is -0.496. The van der Waals surface area contributed by atoms with Gasteiger partial charge >= 0.3 is 0 Å². The molecule has 0 aliphatic rings. The lowest BCUT2D eigenvalue weighted by molar-refractivity contribution is 0.0950. The molecule has 0 radical (unpaired) electrons. The normalized spacial score (nSPS) is 10.4. The fraction of sp³-hybridized carbons (Fsp3) is 0.100. The van der Waals surface area contributed by atoms with Gasteiger partial charge in [-0.15, -0.1) is 0 Å². The average molecular weight is 320 g/mol. The van der Waals surface area contributed by atoms with Crippen LogP contribution in [0.25, 0.3) is 11.3 Å². The zero-order valence-electron chi connectivity index (χ0n) is 13.3. The fourth-order valence-electron chi connectivity index (χ4n) is 2.45. The number of pyridine rings is 1. The Morgan fingerprint density at radius 3 is 2.62 bits per heavy atom.